The predicted molar refractivity (Wildman–Crippen MR) is 124 cm³/mol. The van der Waals surface area contributed by atoms with Crippen molar-refractivity contribution >= 4 is 38.7 Å². The first-order valence-electron chi connectivity index (χ1n) is 11.2. The summed E-state index contributed by atoms with van der Waals surface area (Å²) in [4.78, 5) is 11.1. The maximum absolute atomic E-state index is 11.1. The molecule has 0 atom stereocenters. The molecule has 0 saturated carbocycles. The molecule has 0 rings (SSSR count). The summed E-state index contributed by atoms with van der Waals surface area (Å²) >= 11 is 11.6. The van der Waals surface area contributed by atoms with Crippen LogP contribution in [0.1, 0.15) is 103 Å². The van der Waals surface area contributed by atoms with Gasteiger partial charge in [0, 0.05) is 6.08 Å². The zero-order valence-electron chi connectivity index (χ0n) is 17.5. The molecule has 0 unspecified atom stereocenters. The Labute approximate surface area is 180 Å². The highest BCUT2D eigenvalue weighted by atomic mass is 35.5. The van der Waals surface area contributed by atoms with Crippen molar-refractivity contribution in [2.24, 2.45) is 0 Å². The summed E-state index contributed by atoms with van der Waals surface area (Å²) in [5.41, 5.74) is 0. The Hall–Kier alpha value is 0.00688. The van der Waals surface area contributed by atoms with E-state index in [1.54, 1.807) is 6.08 Å². The molecule has 0 aliphatic rings. The van der Waals surface area contributed by atoms with Gasteiger partial charge in [0.25, 0.3) is 0 Å². The molecular weight excluding hydrogens is 395 g/mol. The van der Waals surface area contributed by atoms with Gasteiger partial charge >= 0.3 is 5.97 Å². The number of ether oxygens (including phenoxy) is 1. The van der Waals surface area contributed by atoms with Crippen molar-refractivity contribution in [2.45, 2.75) is 114 Å². The largest absolute Gasteiger partial charge is 0.463 e. The number of alkyl halides is 2. The van der Waals surface area contributed by atoms with Crippen molar-refractivity contribution in [3.63, 3.8) is 0 Å². The average Bonchev–Trinajstić information content (AvgIpc) is 2.63. The van der Waals surface area contributed by atoms with Crippen molar-refractivity contribution < 1.29 is 9.53 Å². The summed E-state index contributed by atoms with van der Waals surface area (Å²) in [6.45, 7) is 2.39. The molecule has 0 N–H and O–H groups in total. The van der Waals surface area contributed by atoms with E-state index in [0.717, 1.165) is 6.42 Å². The van der Waals surface area contributed by atoms with Crippen LogP contribution in [0, 0.1) is 0 Å². The van der Waals surface area contributed by atoms with Crippen molar-refractivity contribution in [3.8, 4) is 0 Å². The van der Waals surface area contributed by atoms with Crippen molar-refractivity contribution in [2.75, 3.05) is 6.61 Å². The van der Waals surface area contributed by atoms with Gasteiger partial charge in [-0.25, -0.2) is 4.79 Å². The zero-order chi connectivity index (χ0) is 20.0. The molecule has 0 spiro atoms. The molecule has 0 heterocycles. The van der Waals surface area contributed by atoms with Crippen LogP contribution in [-0.4, -0.2) is 26.6 Å². The smallest absolute Gasteiger partial charge is 0.330 e. The number of esters is 1. The van der Waals surface area contributed by atoms with Gasteiger partial charge in [-0.3, -0.25) is 0 Å². The Bertz CT molecular complexity index is 349. The molecule has 0 aromatic carbocycles. The van der Waals surface area contributed by atoms with E-state index < -0.39 is 0 Å². The second-order valence-electron chi connectivity index (χ2n) is 7.50. The molecule has 0 aliphatic carbocycles. The molecule has 0 amide bonds. The van der Waals surface area contributed by atoms with Crippen LogP contribution in [0.2, 0.25) is 6.04 Å². The van der Waals surface area contributed by atoms with Crippen LogP contribution in [0.25, 0.3) is 0 Å². The van der Waals surface area contributed by atoms with Crippen molar-refractivity contribution in [1.82, 2.24) is 0 Å². The van der Waals surface area contributed by atoms with E-state index in [1.165, 1.54) is 102 Å². The number of unbranched alkanes of at least 4 members (excludes halogenated alkanes) is 14. The number of rotatable bonds is 20. The third-order valence-corrected chi connectivity index (χ3v) is 7.52. The van der Waals surface area contributed by atoms with E-state index in [9.17, 15) is 4.79 Å². The summed E-state index contributed by atoms with van der Waals surface area (Å²) in [6.07, 6.45) is 23.2. The van der Waals surface area contributed by atoms with Crippen LogP contribution in [0.4, 0.5) is 0 Å². The zero-order valence-corrected chi connectivity index (χ0v) is 20.5. The fraction of sp³-hybridized carbons (Fsp3) is 0.864. The van der Waals surface area contributed by atoms with Crippen LogP contribution in [0.5, 0.6) is 0 Å². The summed E-state index contributed by atoms with van der Waals surface area (Å²) < 4.78 is 5.04. The van der Waals surface area contributed by atoms with Crippen LogP contribution in [0.3, 0.4) is 0 Å². The molecule has 27 heavy (non-hydrogen) atoms. The van der Waals surface area contributed by atoms with Gasteiger partial charge in [0.2, 0.25) is 0 Å². The Kier molecular flexibility index (Phi) is 22.3. The fourth-order valence-corrected chi connectivity index (χ4v) is 5.11. The maximum atomic E-state index is 11.1. The van der Waals surface area contributed by atoms with Gasteiger partial charge in [-0.2, -0.15) is 0 Å². The van der Waals surface area contributed by atoms with Gasteiger partial charge in [0.05, 0.1) is 20.6 Å². The van der Waals surface area contributed by atoms with E-state index in [1.807, 2.05) is 6.92 Å². The van der Waals surface area contributed by atoms with Crippen LogP contribution in [0.15, 0.2) is 12.2 Å². The highest BCUT2D eigenvalue weighted by Crippen LogP contribution is 2.14. The van der Waals surface area contributed by atoms with Gasteiger partial charge in [0.1, 0.15) is 0 Å². The minimum Gasteiger partial charge on any atom is -0.463 e. The highest BCUT2D eigenvalue weighted by molar-refractivity contribution is 6.68. The van der Waals surface area contributed by atoms with E-state index in [0.29, 0.717) is 6.61 Å². The number of carbonyl (C=O) groups excluding carboxylic acids is 1. The fourth-order valence-electron chi connectivity index (χ4n) is 3.23. The Morgan fingerprint density at radius 1 is 0.778 bits per heavy atom. The van der Waals surface area contributed by atoms with E-state index in [4.69, 9.17) is 27.9 Å². The average molecular weight is 438 g/mol. The Morgan fingerprint density at radius 2 is 1.19 bits per heavy atom. The maximum Gasteiger partial charge on any atom is 0.330 e. The lowest BCUT2D eigenvalue weighted by atomic mass is 10.0. The second kappa shape index (κ2) is 22.3. The van der Waals surface area contributed by atoms with E-state index in [-0.39, 0.29) is 19.9 Å². The first-order chi connectivity index (χ1) is 13.2. The highest BCUT2D eigenvalue weighted by Gasteiger charge is 1.99. The molecule has 160 valence electrons. The minimum atomic E-state index is -0.216. The molecule has 0 saturated heterocycles. The van der Waals surface area contributed by atoms with E-state index >= 15 is 0 Å². The predicted octanol–water partition coefficient (Wildman–Crippen LogP) is 7.31. The number of carbonyl (C=O) groups is 1. The topological polar surface area (TPSA) is 26.3 Å². The lowest BCUT2D eigenvalue weighted by molar-refractivity contribution is -0.137. The first-order valence-corrected chi connectivity index (χ1v) is 13.9. The van der Waals surface area contributed by atoms with Gasteiger partial charge in [-0.05, 0) is 13.3 Å². The van der Waals surface area contributed by atoms with Gasteiger partial charge in [-0.1, -0.05) is 102 Å². The molecule has 0 aromatic heterocycles. The molecule has 0 fully saturated rings. The first kappa shape index (κ1) is 27.0. The molecule has 0 aromatic rings. The summed E-state index contributed by atoms with van der Waals surface area (Å²) in [5, 5.41) is 0. The lowest BCUT2D eigenvalue weighted by Gasteiger charge is -2.04. The lowest BCUT2D eigenvalue weighted by Crippen LogP contribution is -2.01. The molecule has 5 heteroatoms. The standard InChI is InChI=1S/C22H42Cl2O2Si/c1-2-18-21(25)26-19-16-14-12-10-8-6-4-3-5-7-9-11-13-15-17-20-27-22(23)24/h2,18,22H,3-17,19-20,27H2,1H3. The molecule has 0 radical (unpaired) electrons. The van der Waals surface area contributed by atoms with Crippen molar-refractivity contribution in [3.05, 3.63) is 12.2 Å². The van der Waals surface area contributed by atoms with E-state index in [2.05, 4.69) is 0 Å². The van der Waals surface area contributed by atoms with Crippen molar-refractivity contribution in [1.29, 1.82) is 0 Å². The normalized spacial score (nSPS) is 12.0. The molecule has 0 aliphatic heterocycles. The third-order valence-electron chi connectivity index (χ3n) is 4.86. The number of allylic oxidation sites excluding steroid dienone is 1. The molecular formula is C22H42Cl2O2Si. The molecule has 0 bridgehead atoms. The number of halogens is 2. The van der Waals surface area contributed by atoms with Gasteiger partial charge < -0.3 is 4.74 Å². The van der Waals surface area contributed by atoms with Crippen LogP contribution in [-0.2, 0) is 9.53 Å². The van der Waals surface area contributed by atoms with Gasteiger partial charge in [0.15, 0.2) is 0 Å². The Morgan fingerprint density at radius 3 is 1.59 bits per heavy atom. The molecule has 2 nitrogen and oxygen atoms in total. The number of hydrogen-bond acceptors (Lipinski definition) is 2. The summed E-state index contributed by atoms with van der Waals surface area (Å²) in [5.74, 6) is -0.216. The third kappa shape index (κ3) is 24.0. The number of hydrogen-bond donors (Lipinski definition) is 0. The second-order valence-corrected chi connectivity index (χ2v) is 11.9. The summed E-state index contributed by atoms with van der Waals surface area (Å²) in [6, 6.07) is 1.31. The minimum absolute atomic E-state index is 0.0373. The monoisotopic (exact) mass is 436 g/mol. The van der Waals surface area contributed by atoms with Crippen LogP contribution < -0.4 is 0 Å². The SMILES string of the molecule is CC=CC(=O)OCCCCCCCCCCCCCCCCC[SiH2]C(Cl)Cl. The Balaban J connectivity index is 3.06. The summed E-state index contributed by atoms with van der Waals surface area (Å²) in [7, 11) is -0.214. The van der Waals surface area contributed by atoms with Gasteiger partial charge in [-0.15, -0.1) is 23.2 Å². The quantitative estimate of drug-likeness (QED) is 0.0656. The van der Waals surface area contributed by atoms with Crippen LogP contribution >= 0.6 is 23.2 Å².